The Morgan fingerprint density at radius 3 is 2.65 bits per heavy atom. The van der Waals surface area contributed by atoms with Crippen molar-refractivity contribution >= 4 is 15.5 Å². The molecule has 0 amide bonds. The van der Waals surface area contributed by atoms with Crippen molar-refractivity contribution in [2.24, 2.45) is 0 Å². The second-order valence-electron chi connectivity index (χ2n) is 5.33. The van der Waals surface area contributed by atoms with Crippen molar-refractivity contribution in [3.05, 3.63) is 29.1 Å². The van der Waals surface area contributed by atoms with Crippen molar-refractivity contribution in [2.45, 2.75) is 26.4 Å². The molecule has 0 unspecified atom stereocenters. The molecule has 1 atom stereocenters. The van der Waals surface area contributed by atoms with Gasteiger partial charge in [-0.3, -0.25) is 0 Å². The van der Waals surface area contributed by atoms with Crippen LogP contribution in [0.15, 0.2) is 12.1 Å². The van der Waals surface area contributed by atoms with E-state index in [9.17, 15) is 17.9 Å². The molecule has 1 N–H and O–H groups in total. The van der Waals surface area contributed by atoms with Gasteiger partial charge >= 0.3 is 0 Å². The maximum Gasteiger partial charge on any atom is 0.152 e. The number of hydrogen-bond acceptors (Lipinski definition) is 4. The molecule has 1 aliphatic rings. The number of halogens is 1. The van der Waals surface area contributed by atoms with Gasteiger partial charge in [0.25, 0.3) is 0 Å². The predicted molar refractivity (Wildman–Crippen MR) is 77.3 cm³/mol. The van der Waals surface area contributed by atoms with Crippen molar-refractivity contribution in [2.75, 3.05) is 29.5 Å². The summed E-state index contributed by atoms with van der Waals surface area (Å²) in [6.07, 6.45) is -0.238. The Labute approximate surface area is 119 Å². The van der Waals surface area contributed by atoms with Crippen LogP contribution in [0, 0.1) is 12.7 Å². The molecule has 6 heteroatoms. The van der Waals surface area contributed by atoms with E-state index >= 15 is 0 Å². The van der Waals surface area contributed by atoms with Gasteiger partial charge in [-0.05, 0) is 38.0 Å². The van der Waals surface area contributed by atoms with Gasteiger partial charge in [-0.25, -0.2) is 12.8 Å². The molecule has 0 spiro atoms. The lowest BCUT2D eigenvalue weighted by atomic mass is 10.0. The molecule has 0 aromatic heterocycles. The van der Waals surface area contributed by atoms with Crippen molar-refractivity contribution in [3.63, 3.8) is 0 Å². The first-order valence-electron chi connectivity index (χ1n) is 6.73. The van der Waals surface area contributed by atoms with Gasteiger partial charge in [0.1, 0.15) is 5.82 Å². The normalized spacial score (nSPS) is 20.5. The number of aliphatic hydroxyl groups excluding tert-OH is 1. The van der Waals surface area contributed by atoms with Gasteiger partial charge in [0.15, 0.2) is 9.84 Å². The van der Waals surface area contributed by atoms with Crippen LogP contribution in [0.3, 0.4) is 0 Å². The summed E-state index contributed by atoms with van der Waals surface area (Å²) in [5.74, 6) is -0.0665. The molecule has 1 aliphatic heterocycles. The topological polar surface area (TPSA) is 57.6 Å². The van der Waals surface area contributed by atoms with Crippen molar-refractivity contribution < 1.29 is 17.9 Å². The first-order valence-corrected chi connectivity index (χ1v) is 8.56. The number of aliphatic hydroxyl groups is 1. The number of sulfone groups is 1. The molecule has 0 radical (unpaired) electrons. The molecule has 0 bridgehead atoms. The van der Waals surface area contributed by atoms with Crippen LogP contribution in [0.4, 0.5) is 10.1 Å². The molecule has 1 saturated heterocycles. The van der Waals surface area contributed by atoms with Crippen molar-refractivity contribution in [3.8, 4) is 0 Å². The Balaban J connectivity index is 2.38. The summed E-state index contributed by atoms with van der Waals surface area (Å²) in [7, 11) is -2.99. The highest BCUT2D eigenvalue weighted by Gasteiger charge is 2.22. The lowest BCUT2D eigenvalue weighted by Crippen LogP contribution is -2.28. The van der Waals surface area contributed by atoms with E-state index in [1.54, 1.807) is 19.9 Å². The smallest absolute Gasteiger partial charge is 0.152 e. The second-order valence-corrected chi connectivity index (χ2v) is 7.63. The number of rotatable bonds is 2. The third-order valence-electron chi connectivity index (χ3n) is 3.65. The van der Waals surface area contributed by atoms with Crippen molar-refractivity contribution in [1.82, 2.24) is 0 Å². The van der Waals surface area contributed by atoms with Crippen LogP contribution < -0.4 is 4.90 Å². The Morgan fingerprint density at radius 2 is 2.00 bits per heavy atom. The van der Waals surface area contributed by atoms with Gasteiger partial charge in [0, 0.05) is 24.3 Å². The molecular formula is C14H20FNO3S. The van der Waals surface area contributed by atoms with E-state index < -0.39 is 15.9 Å². The predicted octanol–water partition coefficient (Wildman–Crippen LogP) is 1.81. The lowest BCUT2D eigenvalue weighted by molar-refractivity contribution is 0.199. The Kier molecular flexibility index (Phi) is 4.34. The quantitative estimate of drug-likeness (QED) is 0.905. The largest absolute Gasteiger partial charge is 0.389 e. The van der Waals surface area contributed by atoms with Gasteiger partial charge in [0.2, 0.25) is 0 Å². The van der Waals surface area contributed by atoms with Crippen LogP contribution in [0.5, 0.6) is 0 Å². The molecule has 1 fully saturated rings. The average molecular weight is 301 g/mol. The first kappa shape index (κ1) is 15.3. The van der Waals surface area contributed by atoms with E-state index in [1.165, 1.54) is 6.07 Å². The average Bonchev–Trinajstić information content (AvgIpc) is 2.53. The summed E-state index contributed by atoms with van der Waals surface area (Å²) in [4.78, 5) is 1.93. The summed E-state index contributed by atoms with van der Waals surface area (Å²) in [5, 5.41) is 9.81. The Hall–Kier alpha value is -1.14. The summed E-state index contributed by atoms with van der Waals surface area (Å²) >= 11 is 0. The number of anilines is 1. The molecule has 0 aliphatic carbocycles. The van der Waals surface area contributed by atoms with Crippen LogP contribution in [0.1, 0.15) is 30.6 Å². The SMILES string of the molecule is Cc1cc(N2CCCS(=O)(=O)CC2)c([C@H](C)O)cc1F. The summed E-state index contributed by atoms with van der Waals surface area (Å²) < 4.78 is 37.0. The maximum absolute atomic E-state index is 13.7. The van der Waals surface area contributed by atoms with Gasteiger partial charge < -0.3 is 10.0 Å². The second kappa shape index (κ2) is 5.69. The third-order valence-corrected chi connectivity index (χ3v) is 5.37. The fourth-order valence-electron chi connectivity index (χ4n) is 2.47. The number of nitrogens with zero attached hydrogens (tertiary/aromatic N) is 1. The highest BCUT2D eigenvalue weighted by atomic mass is 32.2. The number of hydrogen-bond donors (Lipinski definition) is 1. The zero-order valence-electron chi connectivity index (χ0n) is 11.8. The Bertz CT molecular complexity index is 599. The Morgan fingerprint density at radius 1 is 1.30 bits per heavy atom. The van der Waals surface area contributed by atoms with E-state index in [-0.39, 0.29) is 17.3 Å². The highest BCUT2D eigenvalue weighted by Crippen LogP contribution is 2.30. The minimum absolute atomic E-state index is 0.0999. The molecule has 1 aromatic rings. The number of benzene rings is 1. The first-order chi connectivity index (χ1) is 9.30. The van der Waals surface area contributed by atoms with E-state index in [4.69, 9.17) is 0 Å². The van der Waals surface area contributed by atoms with E-state index in [2.05, 4.69) is 0 Å². The molecule has 20 heavy (non-hydrogen) atoms. The van der Waals surface area contributed by atoms with Crippen molar-refractivity contribution in [1.29, 1.82) is 0 Å². The summed E-state index contributed by atoms with van der Waals surface area (Å²) in [5.41, 5.74) is 1.74. The third kappa shape index (κ3) is 3.30. The van der Waals surface area contributed by atoms with E-state index in [0.29, 0.717) is 30.6 Å². The van der Waals surface area contributed by atoms with Crippen LogP contribution >= 0.6 is 0 Å². The molecule has 1 heterocycles. The van der Waals surface area contributed by atoms with Crippen LogP contribution in [0.2, 0.25) is 0 Å². The molecule has 1 aromatic carbocycles. The fraction of sp³-hybridized carbons (Fsp3) is 0.571. The van der Waals surface area contributed by atoms with E-state index in [0.717, 1.165) is 5.69 Å². The van der Waals surface area contributed by atoms with Gasteiger partial charge in [-0.15, -0.1) is 0 Å². The molecule has 4 nitrogen and oxygen atoms in total. The number of aryl methyl sites for hydroxylation is 1. The summed E-state index contributed by atoms with van der Waals surface area (Å²) in [6.45, 7) is 4.23. The van der Waals surface area contributed by atoms with Crippen LogP contribution in [-0.2, 0) is 9.84 Å². The summed E-state index contributed by atoms with van der Waals surface area (Å²) in [6, 6.07) is 3.03. The monoisotopic (exact) mass is 301 g/mol. The van der Waals surface area contributed by atoms with Gasteiger partial charge in [-0.2, -0.15) is 0 Å². The van der Waals surface area contributed by atoms with Gasteiger partial charge in [0.05, 0.1) is 17.6 Å². The van der Waals surface area contributed by atoms with Gasteiger partial charge in [-0.1, -0.05) is 0 Å². The maximum atomic E-state index is 13.7. The zero-order chi connectivity index (χ0) is 14.9. The molecule has 112 valence electrons. The molecular weight excluding hydrogens is 281 g/mol. The minimum atomic E-state index is -2.99. The van der Waals surface area contributed by atoms with Crippen LogP contribution in [0.25, 0.3) is 0 Å². The standard InChI is InChI=1S/C14H20FNO3S/c1-10-8-14(12(11(2)17)9-13(10)15)16-4-3-6-20(18,19)7-5-16/h8-9,11,17H,3-7H2,1-2H3/t11-/m0/s1. The lowest BCUT2D eigenvalue weighted by Gasteiger charge is -2.26. The highest BCUT2D eigenvalue weighted by molar-refractivity contribution is 7.91. The fourth-order valence-corrected chi connectivity index (χ4v) is 3.74. The molecule has 0 saturated carbocycles. The molecule has 2 rings (SSSR count). The zero-order valence-corrected chi connectivity index (χ0v) is 12.6. The van der Waals surface area contributed by atoms with Crippen LogP contribution in [-0.4, -0.2) is 38.1 Å². The van der Waals surface area contributed by atoms with E-state index in [1.807, 2.05) is 4.90 Å². The minimum Gasteiger partial charge on any atom is -0.389 e.